The first-order valence-electron chi connectivity index (χ1n) is 5.54. The maximum Gasteiger partial charge on any atom is 0.407 e. The molecular formula is C11H23NO3. The lowest BCUT2D eigenvalue weighted by atomic mass is 10.1. The highest BCUT2D eigenvalue weighted by molar-refractivity contribution is 5.66. The molecule has 1 N–H and O–H groups in total. The summed E-state index contributed by atoms with van der Waals surface area (Å²) < 4.78 is 10.2. The predicted molar refractivity (Wildman–Crippen MR) is 59.9 cm³/mol. The van der Waals surface area contributed by atoms with Crippen LogP contribution in [-0.4, -0.2) is 32.0 Å². The van der Waals surface area contributed by atoms with E-state index in [9.17, 15) is 4.79 Å². The molecule has 0 bridgehead atoms. The second-order valence-corrected chi connectivity index (χ2v) is 4.16. The van der Waals surface area contributed by atoms with Crippen LogP contribution in [-0.2, 0) is 9.47 Å². The summed E-state index contributed by atoms with van der Waals surface area (Å²) in [5, 5.41) is 2.63. The van der Waals surface area contributed by atoms with E-state index >= 15 is 0 Å². The van der Waals surface area contributed by atoms with Gasteiger partial charge in [-0.25, -0.2) is 4.79 Å². The molecule has 0 unspecified atom stereocenters. The number of ether oxygens (including phenoxy) is 2. The van der Waals surface area contributed by atoms with Crippen molar-refractivity contribution in [1.29, 1.82) is 0 Å². The standard InChI is InChI=1S/C11H23NO3/c1-9(2)5-7-15-11(13)12-6-8-14-10(3)4/h9-10H,5-8H2,1-4H3,(H,12,13). The number of amides is 1. The second-order valence-electron chi connectivity index (χ2n) is 4.16. The predicted octanol–water partition coefficient (Wildman–Crippen LogP) is 2.18. The lowest BCUT2D eigenvalue weighted by Crippen LogP contribution is -2.29. The molecule has 15 heavy (non-hydrogen) atoms. The quantitative estimate of drug-likeness (QED) is 0.665. The minimum absolute atomic E-state index is 0.198. The molecule has 0 saturated carbocycles. The Hall–Kier alpha value is -0.770. The summed E-state index contributed by atoms with van der Waals surface area (Å²) in [5.41, 5.74) is 0. The zero-order valence-electron chi connectivity index (χ0n) is 10.2. The van der Waals surface area contributed by atoms with Gasteiger partial charge in [0.15, 0.2) is 0 Å². The van der Waals surface area contributed by atoms with Crippen molar-refractivity contribution in [2.75, 3.05) is 19.8 Å². The van der Waals surface area contributed by atoms with E-state index in [1.54, 1.807) is 0 Å². The third kappa shape index (κ3) is 11.2. The van der Waals surface area contributed by atoms with Gasteiger partial charge < -0.3 is 14.8 Å². The molecule has 0 saturated heterocycles. The molecular weight excluding hydrogens is 194 g/mol. The van der Waals surface area contributed by atoms with Gasteiger partial charge in [-0.05, 0) is 26.2 Å². The Morgan fingerprint density at radius 1 is 1.20 bits per heavy atom. The first-order chi connectivity index (χ1) is 7.02. The smallest absolute Gasteiger partial charge is 0.407 e. The fourth-order valence-electron chi connectivity index (χ4n) is 0.886. The molecule has 0 atom stereocenters. The van der Waals surface area contributed by atoms with E-state index in [2.05, 4.69) is 19.2 Å². The maximum atomic E-state index is 11.1. The Morgan fingerprint density at radius 2 is 1.87 bits per heavy atom. The van der Waals surface area contributed by atoms with Crippen LogP contribution in [0.3, 0.4) is 0 Å². The van der Waals surface area contributed by atoms with Crippen LogP contribution >= 0.6 is 0 Å². The fraction of sp³-hybridized carbons (Fsp3) is 0.909. The highest BCUT2D eigenvalue weighted by atomic mass is 16.5. The molecule has 4 heteroatoms. The Kier molecular flexibility index (Phi) is 8.09. The van der Waals surface area contributed by atoms with E-state index in [0.717, 1.165) is 6.42 Å². The Morgan fingerprint density at radius 3 is 2.40 bits per heavy atom. The lowest BCUT2D eigenvalue weighted by molar-refractivity contribution is 0.0777. The molecule has 90 valence electrons. The van der Waals surface area contributed by atoms with Crippen LogP contribution in [0.5, 0.6) is 0 Å². The number of carbonyl (C=O) groups excluding carboxylic acids is 1. The van der Waals surface area contributed by atoms with E-state index in [1.807, 2.05) is 13.8 Å². The van der Waals surface area contributed by atoms with Gasteiger partial charge in [0.1, 0.15) is 0 Å². The molecule has 0 aromatic carbocycles. The molecule has 0 spiro atoms. The first kappa shape index (κ1) is 14.2. The highest BCUT2D eigenvalue weighted by Gasteiger charge is 2.02. The normalized spacial score (nSPS) is 10.8. The van der Waals surface area contributed by atoms with Crippen molar-refractivity contribution >= 4 is 6.09 Å². The lowest BCUT2D eigenvalue weighted by Gasteiger charge is -2.09. The Balaban J connectivity index is 3.26. The summed E-state index contributed by atoms with van der Waals surface area (Å²) >= 11 is 0. The molecule has 0 fully saturated rings. The van der Waals surface area contributed by atoms with Crippen molar-refractivity contribution in [2.24, 2.45) is 5.92 Å². The Labute approximate surface area is 92.3 Å². The highest BCUT2D eigenvalue weighted by Crippen LogP contribution is 1.98. The fourth-order valence-corrected chi connectivity index (χ4v) is 0.886. The Bertz CT molecular complexity index is 169. The van der Waals surface area contributed by atoms with Crippen LogP contribution in [0.25, 0.3) is 0 Å². The molecule has 0 aliphatic heterocycles. The molecule has 0 aromatic rings. The summed E-state index contributed by atoms with van der Waals surface area (Å²) in [4.78, 5) is 11.1. The maximum absolute atomic E-state index is 11.1. The first-order valence-corrected chi connectivity index (χ1v) is 5.54. The van der Waals surface area contributed by atoms with Crippen LogP contribution < -0.4 is 5.32 Å². The van der Waals surface area contributed by atoms with Crippen molar-refractivity contribution in [2.45, 2.75) is 40.2 Å². The zero-order valence-corrected chi connectivity index (χ0v) is 10.2. The minimum Gasteiger partial charge on any atom is -0.450 e. The molecule has 1 amide bonds. The minimum atomic E-state index is -0.358. The largest absolute Gasteiger partial charge is 0.450 e. The van der Waals surface area contributed by atoms with E-state index < -0.39 is 0 Å². The van der Waals surface area contributed by atoms with Gasteiger partial charge in [0.05, 0.1) is 19.3 Å². The van der Waals surface area contributed by atoms with Gasteiger partial charge in [0, 0.05) is 6.54 Å². The van der Waals surface area contributed by atoms with Crippen molar-refractivity contribution in [3.63, 3.8) is 0 Å². The summed E-state index contributed by atoms with van der Waals surface area (Å²) in [6.07, 6.45) is 0.738. The van der Waals surface area contributed by atoms with E-state index in [1.165, 1.54) is 0 Å². The van der Waals surface area contributed by atoms with Crippen molar-refractivity contribution in [3.8, 4) is 0 Å². The van der Waals surface area contributed by atoms with Crippen LogP contribution in [0.1, 0.15) is 34.1 Å². The van der Waals surface area contributed by atoms with Gasteiger partial charge in [0.25, 0.3) is 0 Å². The van der Waals surface area contributed by atoms with Gasteiger partial charge in [-0.1, -0.05) is 13.8 Å². The van der Waals surface area contributed by atoms with Gasteiger partial charge in [-0.2, -0.15) is 0 Å². The molecule has 4 nitrogen and oxygen atoms in total. The van der Waals surface area contributed by atoms with Crippen LogP contribution in [0.4, 0.5) is 4.79 Å². The van der Waals surface area contributed by atoms with Crippen molar-refractivity contribution < 1.29 is 14.3 Å². The van der Waals surface area contributed by atoms with E-state index in [-0.39, 0.29) is 12.2 Å². The number of nitrogens with one attached hydrogen (secondary N) is 1. The number of rotatable bonds is 7. The van der Waals surface area contributed by atoms with Gasteiger partial charge in [-0.15, -0.1) is 0 Å². The van der Waals surface area contributed by atoms with Crippen molar-refractivity contribution in [1.82, 2.24) is 5.32 Å². The summed E-state index contributed by atoms with van der Waals surface area (Å²) in [6.45, 7) is 9.61. The zero-order chi connectivity index (χ0) is 11.7. The number of hydrogen-bond donors (Lipinski definition) is 1. The molecule has 0 radical (unpaired) electrons. The molecule has 0 aliphatic rings. The third-order valence-electron chi connectivity index (χ3n) is 1.75. The van der Waals surface area contributed by atoms with Crippen LogP contribution in [0.2, 0.25) is 0 Å². The summed E-state index contributed by atoms with van der Waals surface area (Å²) in [6, 6.07) is 0. The van der Waals surface area contributed by atoms with E-state index in [4.69, 9.17) is 9.47 Å². The van der Waals surface area contributed by atoms with Gasteiger partial charge in [0.2, 0.25) is 0 Å². The number of carbonyl (C=O) groups is 1. The third-order valence-corrected chi connectivity index (χ3v) is 1.75. The molecule has 0 heterocycles. The topological polar surface area (TPSA) is 47.6 Å². The van der Waals surface area contributed by atoms with Crippen LogP contribution in [0, 0.1) is 5.92 Å². The summed E-state index contributed by atoms with van der Waals surface area (Å²) in [5.74, 6) is 0.557. The number of alkyl carbamates (subject to hydrolysis) is 1. The molecule has 0 aromatic heterocycles. The van der Waals surface area contributed by atoms with Gasteiger partial charge in [-0.3, -0.25) is 0 Å². The van der Waals surface area contributed by atoms with Crippen molar-refractivity contribution in [3.05, 3.63) is 0 Å². The average Bonchev–Trinajstić information content (AvgIpc) is 2.11. The SMILES string of the molecule is CC(C)CCOC(=O)NCCOC(C)C. The molecule has 0 rings (SSSR count). The van der Waals surface area contributed by atoms with Gasteiger partial charge >= 0.3 is 6.09 Å². The van der Waals surface area contributed by atoms with Crippen LogP contribution in [0.15, 0.2) is 0 Å². The van der Waals surface area contributed by atoms with E-state index in [0.29, 0.717) is 25.7 Å². The summed E-state index contributed by atoms with van der Waals surface area (Å²) in [7, 11) is 0. The molecule has 0 aliphatic carbocycles. The number of hydrogen-bond acceptors (Lipinski definition) is 3. The average molecular weight is 217 g/mol. The second kappa shape index (κ2) is 8.53. The monoisotopic (exact) mass is 217 g/mol.